The van der Waals surface area contributed by atoms with E-state index in [4.69, 9.17) is 10.8 Å². The van der Waals surface area contributed by atoms with E-state index in [2.05, 4.69) is 10.6 Å². The second-order valence-corrected chi connectivity index (χ2v) is 4.52. The van der Waals surface area contributed by atoms with Crippen LogP contribution >= 0.6 is 0 Å². The molecule has 18 heavy (non-hydrogen) atoms. The van der Waals surface area contributed by atoms with Gasteiger partial charge in [0.15, 0.2) is 0 Å². The molecule has 0 saturated heterocycles. The number of nitrogens with two attached hydrogens (primary N) is 1. The standard InChI is InChI=1S/C11H21N3O4/c1-7(2)5-8(10(16)17)6-14-11(18)13-4-3-9(12)15/h7-8H,3-6H2,1-2H3,(H2,12,15)(H,16,17)(H2,13,14,18). The fourth-order valence-electron chi connectivity index (χ4n) is 1.42. The highest BCUT2D eigenvalue weighted by Gasteiger charge is 2.19. The SMILES string of the molecule is CC(C)CC(CNC(=O)NCCC(N)=O)C(=O)O. The summed E-state index contributed by atoms with van der Waals surface area (Å²) in [5, 5.41) is 13.8. The molecule has 0 aliphatic rings. The number of aliphatic carboxylic acids is 1. The maximum atomic E-state index is 11.3. The van der Waals surface area contributed by atoms with Gasteiger partial charge in [0, 0.05) is 19.5 Å². The molecule has 0 aliphatic heterocycles. The number of amides is 3. The van der Waals surface area contributed by atoms with Gasteiger partial charge in [-0.25, -0.2) is 4.79 Å². The molecule has 0 saturated carbocycles. The Kier molecular flexibility index (Phi) is 7.50. The molecule has 0 aromatic carbocycles. The zero-order valence-corrected chi connectivity index (χ0v) is 10.7. The molecule has 0 aliphatic carbocycles. The molecule has 0 aromatic heterocycles. The van der Waals surface area contributed by atoms with Crippen molar-refractivity contribution < 1.29 is 19.5 Å². The van der Waals surface area contributed by atoms with Gasteiger partial charge in [0.25, 0.3) is 0 Å². The summed E-state index contributed by atoms with van der Waals surface area (Å²) in [7, 11) is 0. The van der Waals surface area contributed by atoms with Gasteiger partial charge in [0.1, 0.15) is 0 Å². The van der Waals surface area contributed by atoms with Gasteiger partial charge in [-0.3, -0.25) is 9.59 Å². The monoisotopic (exact) mass is 259 g/mol. The van der Waals surface area contributed by atoms with E-state index in [1.54, 1.807) is 0 Å². The normalized spacial score (nSPS) is 11.9. The maximum Gasteiger partial charge on any atom is 0.314 e. The van der Waals surface area contributed by atoms with Crippen molar-refractivity contribution in [3.05, 3.63) is 0 Å². The number of nitrogens with one attached hydrogen (secondary N) is 2. The Morgan fingerprint density at radius 1 is 1.22 bits per heavy atom. The van der Waals surface area contributed by atoms with Crippen molar-refractivity contribution in [1.29, 1.82) is 0 Å². The highest BCUT2D eigenvalue weighted by atomic mass is 16.4. The summed E-state index contributed by atoms with van der Waals surface area (Å²) in [5.41, 5.74) is 4.91. The number of carbonyl (C=O) groups excluding carboxylic acids is 2. The highest BCUT2D eigenvalue weighted by molar-refractivity contribution is 5.77. The van der Waals surface area contributed by atoms with Crippen LogP contribution in [0.1, 0.15) is 26.7 Å². The van der Waals surface area contributed by atoms with Gasteiger partial charge in [0.2, 0.25) is 5.91 Å². The molecule has 7 heteroatoms. The molecule has 1 atom stereocenters. The van der Waals surface area contributed by atoms with Gasteiger partial charge in [-0.15, -0.1) is 0 Å². The molecule has 104 valence electrons. The first-order chi connectivity index (χ1) is 8.32. The summed E-state index contributed by atoms with van der Waals surface area (Å²) < 4.78 is 0. The van der Waals surface area contributed by atoms with E-state index in [0.29, 0.717) is 6.42 Å². The minimum atomic E-state index is -0.930. The second kappa shape index (κ2) is 8.32. The molecule has 0 rings (SSSR count). The van der Waals surface area contributed by atoms with Crippen molar-refractivity contribution in [2.75, 3.05) is 13.1 Å². The van der Waals surface area contributed by atoms with E-state index < -0.39 is 23.8 Å². The van der Waals surface area contributed by atoms with E-state index in [-0.39, 0.29) is 25.4 Å². The number of rotatable bonds is 8. The van der Waals surface area contributed by atoms with Crippen LogP contribution in [-0.2, 0) is 9.59 Å². The van der Waals surface area contributed by atoms with Gasteiger partial charge in [0.05, 0.1) is 5.92 Å². The molecule has 0 bridgehead atoms. The molecule has 0 spiro atoms. The summed E-state index contributed by atoms with van der Waals surface area (Å²) in [5.74, 6) is -1.79. The van der Waals surface area contributed by atoms with Crippen LogP contribution in [0.4, 0.5) is 4.79 Å². The number of hydrogen-bond acceptors (Lipinski definition) is 3. The van der Waals surface area contributed by atoms with Crippen LogP contribution < -0.4 is 16.4 Å². The van der Waals surface area contributed by atoms with E-state index >= 15 is 0 Å². The number of hydrogen-bond donors (Lipinski definition) is 4. The van der Waals surface area contributed by atoms with Crippen molar-refractivity contribution in [2.24, 2.45) is 17.6 Å². The number of urea groups is 1. The van der Waals surface area contributed by atoms with Crippen LogP contribution in [0.25, 0.3) is 0 Å². The van der Waals surface area contributed by atoms with Crippen LogP contribution in [0.15, 0.2) is 0 Å². The molecule has 5 N–H and O–H groups in total. The first-order valence-electron chi connectivity index (χ1n) is 5.85. The number of carboxylic acids is 1. The summed E-state index contributed by atoms with van der Waals surface area (Å²) >= 11 is 0. The smallest absolute Gasteiger partial charge is 0.314 e. The molecule has 3 amide bonds. The summed E-state index contributed by atoms with van der Waals surface area (Å²) in [6, 6.07) is -0.494. The van der Waals surface area contributed by atoms with E-state index in [1.807, 2.05) is 13.8 Å². The molecule has 0 radical (unpaired) electrons. The number of carboxylic acid groups (broad SMARTS) is 1. The Balaban J connectivity index is 3.92. The predicted molar refractivity (Wildman–Crippen MR) is 65.8 cm³/mol. The quantitative estimate of drug-likeness (QED) is 0.486. The Morgan fingerprint density at radius 2 is 1.83 bits per heavy atom. The van der Waals surface area contributed by atoms with Crippen LogP contribution in [0.2, 0.25) is 0 Å². The number of primary amides is 1. The zero-order valence-electron chi connectivity index (χ0n) is 10.7. The van der Waals surface area contributed by atoms with Gasteiger partial charge >= 0.3 is 12.0 Å². The summed E-state index contributed by atoms with van der Waals surface area (Å²) in [6.45, 7) is 4.05. The van der Waals surface area contributed by atoms with Crippen molar-refractivity contribution >= 4 is 17.9 Å². The Bertz CT molecular complexity index is 305. The average molecular weight is 259 g/mol. The molecular formula is C11H21N3O4. The zero-order chi connectivity index (χ0) is 14.1. The van der Waals surface area contributed by atoms with Gasteiger partial charge < -0.3 is 21.5 Å². The largest absolute Gasteiger partial charge is 0.481 e. The second-order valence-electron chi connectivity index (χ2n) is 4.52. The number of carbonyl (C=O) groups is 3. The average Bonchev–Trinajstić information content (AvgIpc) is 2.22. The minimum absolute atomic E-state index is 0.0573. The van der Waals surface area contributed by atoms with Crippen LogP contribution in [-0.4, -0.2) is 36.1 Å². The fraction of sp³-hybridized carbons (Fsp3) is 0.727. The summed E-state index contributed by atoms with van der Waals surface area (Å²) in [6.07, 6.45) is 0.554. The van der Waals surface area contributed by atoms with E-state index in [0.717, 1.165) is 0 Å². The predicted octanol–water partition coefficient (Wildman–Crippen LogP) is -0.0921. The molecular weight excluding hydrogens is 238 g/mol. The molecule has 0 fully saturated rings. The van der Waals surface area contributed by atoms with Crippen LogP contribution in [0.5, 0.6) is 0 Å². The maximum absolute atomic E-state index is 11.3. The lowest BCUT2D eigenvalue weighted by Crippen LogP contribution is -2.41. The van der Waals surface area contributed by atoms with Crippen molar-refractivity contribution in [2.45, 2.75) is 26.7 Å². The van der Waals surface area contributed by atoms with Crippen molar-refractivity contribution in [3.63, 3.8) is 0 Å². The fourth-order valence-corrected chi connectivity index (χ4v) is 1.42. The summed E-state index contributed by atoms with van der Waals surface area (Å²) in [4.78, 5) is 32.6. The van der Waals surface area contributed by atoms with Gasteiger partial charge in [-0.2, -0.15) is 0 Å². The van der Waals surface area contributed by atoms with Crippen LogP contribution in [0.3, 0.4) is 0 Å². The third-order valence-electron chi connectivity index (χ3n) is 2.27. The first-order valence-corrected chi connectivity index (χ1v) is 5.85. The van der Waals surface area contributed by atoms with Gasteiger partial charge in [-0.05, 0) is 12.3 Å². The van der Waals surface area contributed by atoms with E-state index in [9.17, 15) is 14.4 Å². The first kappa shape index (κ1) is 16.2. The third kappa shape index (κ3) is 8.37. The van der Waals surface area contributed by atoms with Crippen molar-refractivity contribution in [3.8, 4) is 0 Å². The molecule has 7 nitrogen and oxygen atoms in total. The highest BCUT2D eigenvalue weighted by Crippen LogP contribution is 2.10. The van der Waals surface area contributed by atoms with Crippen molar-refractivity contribution in [1.82, 2.24) is 10.6 Å². The minimum Gasteiger partial charge on any atom is -0.481 e. The molecule has 0 aromatic rings. The Morgan fingerprint density at radius 3 is 2.28 bits per heavy atom. The Labute approximate surface area is 106 Å². The lowest BCUT2D eigenvalue weighted by atomic mass is 9.97. The Hall–Kier alpha value is -1.79. The third-order valence-corrected chi connectivity index (χ3v) is 2.27. The lowest BCUT2D eigenvalue weighted by molar-refractivity contribution is -0.142. The molecule has 0 heterocycles. The van der Waals surface area contributed by atoms with E-state index in [1.165, 1.54) is 0 Å². The molecule has 1 unspecified atom stereocenters. The van der Waals surface area contributed by atoms with Gasteiger partial charge in [-0.1, -0.05) is 13.8 Å². The van der Waals surface area contributed by atoms with Crippen LogP contribution in [0, 0.1) is 11.8 Å². The lowest BCUT2D eigenvalue weighted by Gasteiger charge is -2.15. The topological polar surface area (TPSA) is 122 Å².